The first-order chi connectivity index (χ1) is 9.78. The van der Waals surface area contributed by atoms with Gasteiger partial charge in [0.1, 0.15) is 0 Å². The van der Waals surface area contributed by atoms with E-state index in [1.165, 1.54) is 4.88 Å². The highest BCUT2D eigenvalue weighted by Crippen LogP contribution is 2.28. The van der Waals surface area contributed by atoms with Gasteiger partial charge in [-0.15, -0.1) is 11.3 Å². The zero-order valence-electron chi connectivity index (χ0n) is 11.1. The summed E-state index contributed by atoms with van der Waals surface area (Å²) >= 11 is 5.45. The average Bonchev–Trinajstić information content (AvgIpc) is 2.97. The van der Waals surface area contributed by atoms with E-state index < -0.39 is 0 Å². The molecule has 0 fully saturated rings. The fourth-order valence-electron chi connectivity index (χ4n) is 2.31. The number of rotatable bonds is 4. The predicted octanol–water partition coefficient (Wildman–Crippen LogP) is 4.56. The Morgan fingerprint density at radius 2 is 2.10 bits per heavy atom. The third-order valence-electron chi connectivity index (χ3n) is 3.37. The average molecular weight is 347 g/mol. The number of likely N-dealkylation sites (N-methyl/N-ethyl adjacent to an activating group) is 1. The van der Waals surface area contributed by atoms with Gasteiger partial charge in [-0.05, 0) is 46.6 Å². The summed E-state index contributed by atoms with van der Waals surface area (Å²) in [6, 6.07) is 14.8. The number of para-hydroxylation sites is 1. The number of nitrogens with zero attached hydrogens (tertiary/aromatic N) is 1. The maximum absolute atomic E-state index is 4.82. The molecule has 0 radical (unpaired) electrons. The number of thiophene rings is 1. The number of hydrogen-bond acceptors (Lipinski definition) is 3. The molecule has 0 saturated heterocycles. The number of benzene rings is 1. The minimum Gasteiger partial charge on any atom is -0.311 e. The summed E-state index contributed by atoms with van der Waals surface area (Å²) in [5, 5.41) is 6.65. The normalized spacial score (nSPS) is 12.7. The molecule has 102 valence electrons. The van der Waals surface area contributed by atoms with Crippen LogP contribution in [0.5, 0.6) is 0 Å². The van der Waals surface area contributed by atoms with Gasteiger partial charge in [0, 0.05) is 21.2 Å². The SMILES string of the molecule is CNC(Cc1cccs1)c1nc2ccccc2cc1Br. The molecule has 0 aliphatic rings. The third kappa shape index (κ3) is 2.77. The van der Waals surface area contributed by atoms with E-state index in [9.17, 15) is 0 Å². The molecule has 20 heavy (non-hydrogen) atoms. The summed E-state index contributed by atoms with van der Waals surface area (Å²) in [6.45, 7) is 0. The van der Waals surface area contributed by atoms with Crippen LogP contribution in [0.4, 0.5) is 0 Å². The minimum absolute atomic E-state index is 0.215. The molecule has 1 atom stereocenters. The molecule has 0 aliphatic carbocycles. The zero-order chi connectivity index (χ0) is 13.9. The van der Waals surface area contributed by atoms with Crippen molar-refractivity contribution in [3.05, 3.63) is 62.9 Å². The monoisotopic (exact) mass is 346 g/mol. The highest BCUT2D eigenvalue weighted by Gasteiger charge is 2.16. The van der Waals surface area contributed by atoms with Crippen LogP contribution < -0.4 is 5.32 Å². The highest BCUT2D eigenvalue weighted by atomic mass is 79.9. The van der Waals surface area contributed by atoms with Crippen LogP contribution >= 0.6 is 27.3 Å². The summed E-state index contributed by atoms with van der Waals surface area (Å²) in [5.41, 5.74) is 2.11. The fraction of sp³-hybridized carbons (Fsp3) is 0.188. The Morgan fingerprint density at radius 1 is 1.25 bits per heavy atom. The quantitative estimate of drug-likeness (QED) is 0.748. The van der Waals surface area contributed by atoms with Crippen molar-refractivity contribution in [2.24, 2.45) is 0 Å². The van der Waals surface area contributed by atoms with Crippen LogP contribution in [-0.4, -0.2) is 12.0 Å². The van der Waals surface area contributed by atoms with Crippen LogP contribution in [0.2, 0.25) is 0 Å². The molecule has 4 heteroatoms. The molecule has 0 spiro atoms. The van der Waals surface area contributed by atoms with Crippen LogP contribution in [0.15, 0.2) is 52.3 Å². The molecule has 1 aromatic carbocycles. The highest BCUT2D eigenvalue weighted by molar-refractivity contribution is 9.10. The summed E-state index contributed by atoms with van der Waals surface area (Å²) in [6.07, 6.45) is 0.956. The van der Waals surface area contributed by atoms with E-state index in [0.717, 1.165) is 27.5 Å². The van der Waals surface area contributed by atoms with E-state index >= 15 is 0 Å². The Bertz CT molecular complexity index is 710. The lowest BCUT2D eigenvalue weighted by atomic mass is 10.1. The van der Waals surface area contributed by atoms with Gasteiger partial charge in [-0.25, -0.2) is 4.98 Å². The lowest BCUT2D eigenvalue weighted by molar-refractivity contribution is 0.579. The van der Waals surface area contributed by atoms with Gasteiger partial charge in [0.2, 0.25) is 0 Å². The number of hydrogen-bond donors (Lipinski definition) is 1. The van der Waals surface area contributed by atoms with Gasteiger partial charge in [-0.3, -0.25) is 0 Å². The van der Waals surface area contributed by atoms with Crippen molar-refractivity contribution in [2.75, 3.05) is 7.05 Å². The minimum atomic E-state index is 0.215. The molecule has 3 rings (SSSR count). The van der Waals surface area contributed by atoms with Gasteiger partial charge in [-0.2, -0.15) is 0 Å². The van der Waals surface area contributed by atoms with Crippen molar-refractivity contribution in [3.63, 3.8) is 0 Å². The predicted molar refractivity (Wildman–Crippen MR) is 89.3 cm³/mol. The number of nitrogens with one attached hydrogen (secondary N) is 1. The number of aromatic nitrogens is 1. The zero-order valence-corrected chi connectivity index (χ0v) is 13.5. The van der Waals surface area contributed by atoms with Crippen LogP contribution in [0.25, 0.3) is 10.9 Å². The summed E-state index contributed by atoms with van der Waals surface area (Å²) in [4.78, 5) is 6.19. The Hall–Kier alpha value is -1.23. The van der Waals surface area contributed by atoms with Crippen molar-refractivity contribution in [2.45, 2.75) is 12.5 Å². The van der Waals surface area contributed by atoms with Crippen LogP contribution in [-0.2, 0) is 6.42 Å². The van der Waals surface area contributed by atoms with Gasteiger partial charge in [-0.1, -0.05) is 24.3 Å². The maximum Gasteiger partial charge on any atom is 0.0726 e. The standard InChI is InChI=1S/C16H15BrN2S/c1-18-15(10-12-6-4-8-20-12)16-13(17)9-11-5-2-3-7-14(11)19-16/h2-9,15,18H,10H2,1H3. The molecular weight excluding hydrogens is 332 g/mol. The number of halogens is 1. The molecule has 2 nitrogen and oxygen atoms in total. The molecule has 1 N–H and O–H groups in total. The van der Waals surface area contributed by atoms with E-state index in [1.807, 2.05) is 19.2 Å². The lowest BCUT2D eigenvalue weighted by Crippen LogP contribution is -2.20. The van der Waals surface area contributed by atoms with Crippen LogP contribution in [0.3, 0.4) is 0 Å². The van der Waals surface area contributed by atoms with Crippen molar-refractivity contribution in [1.29, 1.82) is 0 Å². The Balaban J connectivity index is 2.00. The largest absolute Gasteiger partial charge is 0.311 e. The van der Waals surface area contributed by atoms with Crippen molar-refractivity contribution in [1.82, 2.24) is 10.3 Å². The first kappa shape index (κ1) is 13.7. The first-order valence-corrected chi connectivity index (χ1v) is 8.20. The molecule has 1 unspecified atom stereocenters. The molecule has 3 aromatic rings. The second-order valence-electron chi connectivity index (χ2n) is 4.67. The smallest absolute Gasteiger partial charge is 0.0726 e. The summed E-state index contributed by atoms with van der Waals surface area (Å²) in [5.74, 6) is 0. The second kappa shape index (κ2) is 6.04. The topological polar surface area (TPSA) is 24.9 Å². The molecule has 2 aromatic heterocycles. The van der Waals surface area contributed by atoms with Crippen molar-refractivity contribution < 1.29 is 0 Å². The van der Waals surface area contributed by atoms with Gasteiger partial charge >= 0.3 is 0 Å². The second-order valence-corrected chi connectivity index (χ2v) is 6.56. The van der Waals surface area contributed by atoms with Gasteiger partial charge in [0.05, 0.1) is 17.3 Å². The molecule has 0 amide bonds. The van der Waals surface area contributed by atoms with E-state index in [0.29, 0.717) is 0 Å². The molecule has 0 aliphatic heterocycles. The van der Waals surface area contributed by atoms with Crippen LogP contribution in [0, 0.1) is 0 Å². The Labute approximate surface area is 131 Å². The Kier molecular flexibility index (Phi) is 4.15. The molecule has 2 heterocycles. The van der Waals surface area contributed by atoms with E-state index in [1.54, 1.807) is 11.3 Å². The molecule has 0 saturated carbocycles. The molecular formula is C16H15BrN2S. The van der Waals surface area contributed by atoms with Gasteiger partial charge in [0.25, 0.3) is 0 Å². The fourth-order valence-corrected chi connectivity index (χ4v) is 3.68. The van der Waals surface area contributed by atoms with Gasteiger partial charge < -0.3 is 5.32 Å². The van der Waals surface area contributed by atoms with E-state index in [2.05, 4.69) is 57.0 Å². The summed E-state index contributed by atoms with van der Waals surface area (Å²) in [7, 11) is 1.99. The van der Waals surface area contributed by atoms with E-state index in [-0.39, 0.29) is 6.04 Å². The number of fused-ring (bicyclic) bond motifs is 1. The van der Waals surface area contributed by atoms with Crippen LogP contribution in [0.1, 0.15) is 16.6 Å². The van der Waals surface area contributed by atoms with Crippen molar-refractivity contribution in [3.8, 4) is 0 Å². The van der Waals surface area contributed by atoms with Gasteiger partial charge in [0.15, 0.2) is 0 Å². The maximum atomic E-state index is 4.82. The lowest BCUT2D eigenvalue weighted by Gasteiger charge is -2.17. The van der Waals surface area contributed by atoms with E-state index in [4.69, 9.17) is 4.98 Å². The van der Waals surface area contributed by atoms with Crippen molar-refractivity contribution >= 4 is 38.2 Å². The Morgan fingerprint density at radius 3 is 2.85 bits per heavy atom. The first-order valence-electron chi connectivity index (χ1n) is 6.53. The number of pyridine rings is 1. The third-order valence-corrected chi connectivity index (χ3v) is 4.90. The molecule has 0 bridgehead atoms. The summed E-state index contributed by atoms with van der Waals surface area (Å²) < 4.78 is 1.06.